The van der Waals surface area contributed by atoms with E-state index in [9.17, 15) is 0 Å². The van der Waals surface area contributed by atoms with Gasteiger partial charge in [-0.15, -0.1) is 0 Å². The topological polar surface area (TPSA) is 38.5 Å². The monoisotopic (exact) mass is 296 g/mol. The molecule has 1 aromatic rings. The van der Waals surface area contributed by atoms with Crippen LogP contribution in [0.3, 0.4) is 0 Å². The third-order valence-corrected chi connectivity index (χ3v) is 4.45. The Labute approximate surface area is 127 Å². The molecule has 0 aromatic heterocycles. The Morgan fingerprint density at radius 3 is 2.90 bits per heavy atom. The number of hydrogen-bond acceptors (Lipinski definition) is 3. The van der Waals surface area contributed by atoms with Crippen LogP contribution in [-0.4, -0.2) is 38.2 Å². The first-order valence-corrected chi connectivity index (χ1v) is 7.77. The van der Waals surface area contributed by atoms with Crippen molar-refractivity contribution in [3.63, 3.8) is 0 Å². The van der Waals surface area contributed by atoms with Crippen molar-refractivity contribution < 1.29 is 4.74 Å². The van der Waals surface area contributed by atoms with Gasteiger partial charge in [-0.05, 0) is 43.0 Å². The average Bonchev–Trinajstić information content (AvgIpc) is 2.44. The van der Waals surface area contributed by atoms with Crippen molar-refractivity contribution in [2.24, 2.45) is 11.7 Å². The van der Waals surface area contributed by atoms with Crippen molar-refractivity contribution in [1.29, 1.82) is 0 Å². The van der Waals surface area contributed by atoms with E-state index in [-0.39, 0.29) is 0 Å². The third-order valence-electron chi connectivity index (χ3n) is 4.15. The molecule has 0 aliphatic carbocycles. The first-order valence-electron chi connectivity index (χ1n) is 7.40. The molecule has 0 bridgehead atoms. The molecule has 2 unspecified atom stereocenters. The van der Waals surface area contributed by atoms with Gasteiger partial charge in [0.2, 0.25) is 0 Å². The molecule has 1 fully saturated rings. The van der Waals surface area contributed by atoms with Gasteiger partial charge in [-0.2, -0.15) is 0 Å². The van der Waals surface area contributed by atoms with E-state index >= 15 is 0 Å². The number of benzene rings is 1. The van der Waals surface area contributed by atoms with Crippen molar-refractivity contribution in [2.75, 3.05) is 33.3 Å². The quantitative estimate of drug-likeness (QED) is 0.907. The molecule has 1 heterocycles. The number of nitrogens with zero attached hydrogens (tertiary/aromatic N) is 1. The number of likely N-dealkylation sites (tertiary alicyclic amines) is 1. The Kier molecular flexibility index (Phi) is 5.70. The fourth-order valence-electron chi connectivity index (χ4n) is 3.02. The van der Waals surface area contributed by atoms with E-state index in [1.165, 1.54) is 31.5 Å². The van der Waals surface area contributed by atoms with Crippen LogP contribution in [0, 0.1) is 5.92 Å². The van der Waals surface area contributed by atoms with Gasteiger partial charge in [-0.25, -0.2) is 0 Å². The Morgan fingerprint density at radius 2 is 2.30 bits per heavy atom. The Hall–Kier alpha value is -0.770. The van der Waals surface area contributed by atoms with Gasteiger partial charge in [0.15, 0.2) is 0 Å². The molecule has 20 heavy (non-hydrogen) atoms. The molecule has 1 aliphatic heterocycles. The molecule has 0 spiro atoms. The van der Waals surface area contributed by atoms with Crippen molar-refractivity contribution in [3.05, 3.63) is 28.8 Å². The standard InChI is InChI=1S/C16H25ClN2O/c1-12-4-3-7-19(10-12)11-14(9-18)13-5-6-16(20-2)15(17)8-13/h5-6,8,12,14H,3-4,7,9-11,18H2,1-2H3. The molecule has 2 N–H and O–H groups in total. The lowest BCUT2D eigenvalue weighted by Gasteiger charge is -2.33. The zero-order chi connectivity index (χ0) is 14.5. The van der Waals surface area contributed by atoms with Crippen LogP contribution < -0.4 is 10.5 Å². The molecular weight excluding hydrogens is 272 g/mol. The minimum absolute atomic E-state index is 0.337. The summed E-state index contributed by atoms with van der Waals surface area (Å²) in [7, 11) is 1.64. The van der Waals surface area contributed by atoms with E-state index in [2.05, 4.69) is 17.9 Å². The second-order valence-electron chi connectivity index (χ2n) is 5.83. The summed E-state index contributed by atoms with van der Waals surface area (Å²) in [6, 6.07) is 6.00. The molecule has 112 valence electrons. The Balaban J connectivity index is 2.05. The summed E-state index contributed by atoms with van der Waals surface area (Å²) in [4.78, 5) is 2.53. The summed E-state index contributed by atoms with van der Waals surface area (Å²) >= 11 is 6.22. The molecule has 0 saturated carbocycles. The molecular formula is C16H25ClN2O. The van der Waals surface area contributed by atoms with Gasteiger partial charge in [-0.1, -0.05) is 24.6 Å². The summed E-state index contributed by atoms with van der Waals surface area (Å²) in [6.45, 7) is 6.36. The van der Waals surface area contributed by atoms with Crippen LogP contribution in [0.1, 0.15) is 31.2 Å². The summed E-state index contributed by atoms with van der Waals surface area (Å²) in [5.41, 5.74) is 7.18. The van der Waals surface area contributed by atoms with Crippen molar-refractivity contribution >= 4 is 11.6 Å². The van der Waals surface area contributed by atoms with Crippen molar-refractivity contribution in [2.45, 2.75) is 25.7 Å². The van der Waals surface area contributed by atoms with Gasteiger partial charge in [0.1, 0.15) is 5.75 Å². The van der Waals surface area contributed by atoms with Crippen LogP contribution in [-0.2, 0) is 0 Å². The molecule has 4 heteroatoms. The lowest BCUT2D eigenvalue weighted by molar-refractivity contribution is 0.175. The Bertz CT molecular complexity index is 438. The maximum absolute atomic E-state index is 6.22. The highest BCUT2D eigenvalue weighted by Crippen LogP contribution is 2.29. The average molecular weight is 297 g/mol. The lowest BCUT2D eigenvalue weighted by Crippen LogP contribution is -2.38. The van der Waals surface area contributed by atoms with E-state index in [4.69, 9.17) is 22.1 Å². The zero-order valence-corrected chi connectivity index (χ0v) is 13.2. The fraction of sp³-hybridized carbons (Fsp3) is 0.625. The summed E-state index contributed by atoms with van der Waals surface area (Å²) < 4.78 is 5.20. The number of methoxy groups -OCH3 is 1. The summed E-state index contributed by atoms with van der Waals surface area (Å²) in [5.74, 6) is 1.85. The molecule has 1 aromatic carbocycles. The fourth-order valence-corrected chi connectivity index (χ4v) is 3.28. The van der Waals surface area contributed by atoms with E-state index in [0.29, 0.717) is 17.5 Å². The molecule has 0 radical (unpaired) electrons. The minimum atomic E-state index is 0.337. The number of halogens is 1. The first kappa shape index (κ1) is 15.6. The smallest absolute Gasteiger partial charge is 0.137 e. The number of rotatable bonds is 5. The number of nitrogens with two attached hydrogens (primary N) is 1. The number of hydrogen-bond donors (Lipinski definition) is 1. The van der Waals surface area contributed by atoms with E-state index in [0.717, 1.165) is 18.2 Å². The van der Waals surface area contributed by atoms with Crippen LogP contribution in [0.25, 0.3) is 0 Å². The highest BCUT2D eigenvalue weighted by atomic mass is 35.5. The van der Waals surface area contributed by atoms with Gasteiger partial charge in [0, 0.05) is 25.6 Å². The second kappa shape index (κ2) is 7.30. The zero-order valence-electron chi connectivity index (χ0n) is 12.4. The highest BCUT2D eigenvalue weighted by Gasteiger charge is 2.20. The SMILES string of the molecule is COc1ccc(C(CN)CN2CCCC(C)C2)cc1Cl. The molecule has 2 rings (SSSR count). The van der Waals surface area contributed by atoms with Crippen LogP contribution in [0.15, 0.2) is 18.2 Å². The minimum Gasteiger partial charge on any atom is -0.495 e. The largest absolute Gasteiger partial charge is 0.495 e. The summed E-state index contributed by atoms with van der Waals surface area (Å²) in [6.07, 6.45) is 2.64. The normalized spacial score (nSPS) is 21.7. The van der Waals surface area contributed by atoms with Gasteiger partial charge < -0.3 is 15.4 Å². The maximum Gasteiger partial charge on any atom is 0.137 e. The van der Waals surface area contributed by atoms with Gasteiger partial charge in [0.25, 0.3) is 0 Å². The van der Waals surface area contributed by atoms with Gasteiger partial charge >= 0.3 is 0 Å². The predicted molar refractivity (Wildman–Crippen MR) is 84.6 cm³/mol. The molecule has 1 aliphatic rings. The third kappa shape index (κ3) is 3.87. The van der Waals surface area contributed by atoms with Gasteiger partial charge in [-0.3, -0.25) is 0 Å². The highest BCUT2D eigenvalue weighted by molar-refractivity contribution is 6.32. The van der Waals surface area contributed by atoms with E-state index < -0.39 is 0 Å². The van der Waals surface area contributed by atoms with Crippen LogP contribution in [0.4, 0.5) is 0 Å². The predicted octanol–water partition coefficient (Wildman–Crippen LogP) is 3.12. The van der Waals surface area contributed by atoms with Crippen LogP contribution in [0.2, 0.25) is 5.02 Å². The first-order chi connectivity index (χ1) is 9.63. The van der Waals surface area contributed by atoms with Crippen LogP contribution >= 0.6 is 11.6 Å². The van der Waals surface area contributed by atoms with Gasteiger partial charge in [0.05, 0.1) is 12.1 Å². The summed E-state index contributed by atoms with van der Waals surface area (Å²) in [5, 5.41) is 0.662. The molecule has 2 atom stereocenters. The van der Waals surface area contributed by atoms with E-state index in [1.54, 1.807) is 7.11 Å². The lowest BCUT2D eigenvalue weighted by atomic mass is 9.95. The van der Waals surface area contributed by atoms with Crippen molar-refractivity contribution in [3.8, 4) is 5.75 Å². The molecule has 3 nitrogen and oxygen atoms in total. The van der Waals surface area contributed by atoms with Crippen molar-refractivity contribution in [1.82, 2.24) is 4.90 Å². The second-order valence-corrected chi connectivity index (χ2v) is 6.24. The van der Waals surface area contributed by atoms with Crippen LogP contribution in [0.5, 0.6) is 5.75 Å². The molecule has 1 saturated heterocycles. The molecule has 0 amide bonds. The Morgan fingerprint density at radius 1 is 1.50 bits per heavy atom. The number of piperidine rings is 1. The number of ether oxygens (including phenoxy) is 1. The maximum atomic E-state index is 6.22. The van der Waals surface area contributed by atoms with E-state index in [1.807, 2.05) is 12.1 Å².